The molecule has 0 spiro atoms. The van der Waals surface area contributed by atoms with Crippen molar-refractivity contribution in [3.63, 3.8) is 0 Å². The van der Waals surface area contributed by atoms with Crippen molar-refractivity contribution in [1.29, 1.82) is 0 Å². The third-order valence-corrected chi connectivity index (χ3v) is 3.66. The van der Waals surface area contributed by atoms with E-state index in [0.29, 0.717) is 28.8 Å². The SMILES string of the molecule is COC(=O)c1ccc(NC(=O)c2cc(C)nc(NCCC(C)C)n2)cc1. The number of methoxy groups -OCH3 is 1. The summed E-state index contributed by atoms with van der Waals surface area (Å²) >= 11 is 0. The molecule has 1 amide bonds. The summed E-state index contributed by atoms with van der Waals surface area (Å²) < 4.78 is 4.65. The van der Waals surface area contributed by atoms with E-state index in [1.54, 1.807) is 30.3 Å². The quantitative estimate of drug-likeness (QED) is 0.740. The Kier molecular flexibility index (Phi) is 6.66. The molecule has 1 heterocycles. The van der Waals surface area contributed by atoms with Crippen LogP contribution in [-0.4, -0.2) is 35.5 Å². The van der Waals surface area contributed by atoms with Gasteiger partial charge in [0.25, 0.3) is 5.91 Å². The third-order valence-electron chi connectivity index (χ3n) is 3.66. The van der Waals surface area contributed by atoms with Crippen molar-refractivity contribution in [3.8, 4) is 0 Å². The summed E-state index contributed by atoms with van der Waals surface area (Å²) in [6.07, 6.45) is 0.991. The van der Waals surface area contributed by atoms with E-state index in [4.69, 9.17) is 0 Å². The van der Waals surface area contributed by atoms with E-state index in [-0.39, 0.29) is 11.6 Å². The van der Waals surface area contributed by atoms with Gasteiger partial charge in [0.05, 0.1) is 12.7 Å². The van der Waals surface area contributed by atoms with Gasteiger partial charge in [-0.2, -0.15) is 0 Å². The number of aromatic nitrogens is 2. The summed E-state index contributed by atoms with van der Waals surface area (Å²) in [5.74, 6) is 0.250. The lowest BCUT2D eigenvalue weighted by Crippen LogP contribution is -2.17. The fourth-order valence-corrected chi connectivity index (χ4v) is 2.24. The Bertz CT molecular complexity index is 773. The molecule has 0 aliphatic carbocycles. The summed E-state index contributed by atoms with van der Waals surface area (Å²) in [5, 5.41) is 5.91. The number of amides is 1. The topological polar surface area (TPSA) is 93.2 Å². The second-order valence-electron chi connectivity index (χ2n) is 6.35. The van der Waals surface area contributed by atoms with Crippen LogP contribution in [0.2, 0.25) is 0 Å². The molecule has 2 aromatic rings. The Morgan fingerprint density at radius 3 is 2.46 bits per heavy atom. The molecule has 26 heavy (non-hydrogen) atoms. The molecule has 0 bridgehead atoms. The minimum absolute atomic E-state index is 0.279. The highest BCUT2D eigenvalue weighted by atomic mass is 16.5. The number of hydrogen-bond acceptors (Lipinski definition) is 6. The zero-order valence-corrected chi connectivity index (χ0v) is 15.5. The molecule has 0 fully saturated rings. The minimum atomic E-state index is -0.425. The van der Waals surface area contributed by atoms with E-state index in [1.165, 1.54) is 7.11 Å². The fourth-order valence-electron chi connectivity index (χ4n) is 2.24. The molecule has 2 rings (SSSR count). The predicted octanol–water partition coefficient (Wildman–Crippen LogP) is 3.28. The standard InChI is InChI=1S/C19H24N4O3/c1-12(2)9-10-20-19-21-13(3)11-16(23-19)17(24)22-15-7-5-14(6-8-15)18(25)26-4/h5-8,11-12H,9-10H2,1-4H3,(H,22,24)(H,20,21,23). The first-order chi connectivity index (χ1) is 12.4. The number of nitrogens with zero attached hydrogens (tertiary/aromatic N) is 2. The van der Waals surface area contributed by atoms with Gasteiger partial charge in [0, 0.05) is 17.9 Å². The summed E-state index contributed by atoms with van der Waals surface area (Å²) in [6, 6.07) is 8.09. The van der Waals surface area contributed by atoms with Crippen molar-refractivity contribution >= 4 is 23.5 Å². The van der Waals surface area contributed by atoms with Crippen molar-refractivity contribution < 1.29 is 14.3 Å². The summed E-state index contributed by atoms with van der Waals surface area (Å²) in [4.78, 5) is 32.5. The van der Waals surface area contributed by atoms with Crippen LogP contribution in [0.15, 0.2) is 30.3 Å². The number of anilines is 2. The number of aryl methyl sites for hydroxylation is 1. The molecule has 0 aliphatic rings. The first-order valence-electron chi connectivity index (χ1n) is 8.48. The Balaban J connectivity index is 2.06. The number of carbonyl (C=O) groups is 2. The Labute approximate surface area is 153 Å². The largest absolute Gasteiger partial charge is 0.465 e. The molecule has 0 radical (unpaired) electrons. The van der Waals surface area contributed by atoms with Gasteiger partial charge in [-0.25, -0.2) is 14.8 Å². The van der Waals surface area contributed by atoms with Gasteiger partial charge in [0.1, 0.15) is 5.69 Å². The summed E-state index contributed by atoms with van der Waals surface area (Å²) in [6.45, 7) is 6.85. The van der Waals surface area contributed by atoms with Crippen LogP contribution >= 0.6 is 0 Å². The summed E-state index contributed by atoms with van der Waals surface area (Å²) in [7, 11) is 1.32. The van der Waals surface area contributed by atoms with Crippen molar-refractivity contribution in [2.24, 2.45) is 5.92 Å². The van der Waals surface area contributed by atoms with Crippen molar-refractivity contribution in [3.05, 3.63) is 47.3 Å². The number of esters is 1. The van der Waals surface area contributed by atoms with Crippen molar-refractivity contribution in [2.75, 3.05) is 24.3 Å². The molecule has 138 valence electrons. The number of carbonyl (C=O) groups excluding carboxylic acids is 2. The van der Waals surface area contributed by atoms with Crippen LogP contribution in [0.1, 0.15) is 46.8 Å². The van der Waals surface area contributed by atoms with Gasteiger partial charge >= 0.3 is 5.97 Å². The lowest BCUT2D eigenvalue weighted by atomic mass is 10.1. The molecule has 7 heteroatoms. The number of ether oxygens (including phenoxy) is 1. The van der Waals surface area contributed by atoms with E-state index < -0.39 is 5.97 Å². The van der Waals surface area contributed by atoms with Crippen LogP contribution in [0.25, 0.3) is 0 Å². The minimum Gasteiger partial charge on any atom is -0.465 e. The van der Waals surface area contributed by atoms with E-state index >= 15 is 0 Å². The lowest BCUT2D eigenvalue weighted by molar-refractivity contribution is 0.0600. The third kappa shape index (κ3) is 5.54. The average Bonchev–Trinajstić information content (AvgIpc) is 2.61. The van der Waals surface area contributed by atoms with Crippen LogP contribution in [0.4, 0.5) is 11.6 Å². The Morgan fingerprint density at radius 1 is 1.15 bits per heavy atom. The fraction of sp³-hybridized carbons (Fsp3) is 0.368. The van der Waals surface area contributed by atoms with Gasteiger partial charge in [-0.15, -0.1) is 0 Å². The Hall–Kier alpha value is -2.96. The van der Waals surface area contributed by atoms with E-state index in [2.05, 4.69) is 39.2 Å². The molecule has 0 aliphatic heterocycles. The van der Waals surface area contributed by atoms with E-state index in [9.17, 15) is 9.59 Å². The lowest BCUT2D eigenvalue weighted by Gasteiger charge is -2.10. The van der Waals surface area contributed by atoms with E-state index in [1.807, 2.05) is 6.92 Å². The van der Waals surface area contributed by atoms with Crippen LogP contribution in [0.3, 0.4) is 0 Å². The first kappa shape index (κ1) is 19.4. The smallest absolute Gasteiger partial charge is 0.337 e. The van der Waals surface area contributed by atoms with Gasteiger partial charge < -0.3 is 15.4 Å². The normalized spacial score (nSPS) is 10.5. The van der Waals surface area contributed by atoms with E-state index in [0.717, 1.165) is 13.0 Å². The van der Waals surface area contributed by atoms with Gasteiger partial charge in [0.15, 0.2) is 0 Å². The van der Waals surface area contributed by atoms with Crippen LogP contribution < -0.4 is 10.6 Å². The highest BCUT2D eigenvalue weighted by molar-refractivity contribution is 6.03. The molecule has 1 aromatic carbocycles. The first-order valence-corrected chi connectivity index (χ1v) is 8.48. The number of hydrogen-bond donors (Lipinski definition) is 2. The number of rotatable bonds is 7. The molecular formula is C19H24N4O3. The molecule has 2 N–H and O–H groups in total. The van der Waals surface area contributed by atoms with Gasteiger partial charge in [0.2, 0.25) is 5.95 Å². The average molecular weight is 356 g/mol. The van der Waals surface area contributed by atoms with Crippen LogP contribution in [-0.2, 0) is 4.74 Å². The molecule has 0 unspecified atom stereocenters. The van der Waals surface area contributed by atoms with Crippen molar-refractivity contribution in [2.45, 2.75) is 27.2 Å². The maximum Gasteiger partial charge on any atom is 0.337 e. The highest BCUT2D eigenvalue weighted by Crippen LogP contribution is 2.13. The number of benzene rings is 1. The maximum atomic E-state index is 12.5. The van der Waals surface area contributed by atoms with Gasteiger partial charge in [-0.1, -0.05) is 13.8 Å². The van der Waals surface area contributed by atoms with Crippen LogP contribution in [0, 0.1) is 12.8 Å². The molecule has 0 atom stereocenters. The zero-order chi connectivity index (χ0) is 19.1. The second kappa shape index (κ2) is 8.94. The molecule has 0 saturated carbocycles. The van der Waals surface area contributed by atoms with Crippen molar-refractivity contribution in [1.82, 2.24) is 9.97 Å². The molecule has 0 saturated heterocycles. The maximum absolute atomic E-state index is 12.5. The van der Waals surface area contributed by atoms with Gasteiger partial charge in [-0.05, 0) is 49.6 Å². The van der Waals surface area contributed by atoms with Crippen LogP contribution in [0.5, 0.6) is 0 Å². The molecular weight excluding hydrogens is 332 g/mol. The van der Waals surface area contributed by atoms with Gasteiger partial charge in [-0.3, -0.25) is 4.79 Å². The highest BCUT2D eigenvalue weighted by Gasteiger charge is 2.12. The zero-order valence-electron chi connectivity index (χ0n) is 15.5. The molecule has 1 aromatic heterocycles. The number of nitrogens with one attached hydrogen (secondary N) is 2. The predicted molar refractivity (Wildman–Crippen MR) is 100 cm³/mol. The second-order valence-corrected chi connectivity index (χ2v) is 6.35. The Morgan fingerprint density at radius 2 is 1.85 bits per heavy atom. The molecule has 7 nitrogen and oxygen atoms in total. The monoisotopic (exact) mass is 356 g/mol. The summed E-state index contributed by atoms with van der Waals surface area (Å²) in [5.41, 5.74) is 1.97.